The minimum absolute atomic E-state index is 0.213. The summed E-state index contributed by atoms with van der Waals surface area (Å²) >= 11 is 0. The highest BCUT2D eigenvalue weighted by molar-refractivity contribution is 5.69. The van der Waals surface area contributed by atoms with E-state index in [0.29, 0.717) is 16.9 Å². The molecule has 0 aliphatic carbocycles. The van der Waals surface area contributed by atoms with Gasteiger partial charge < -0.3 is 10.6 Å². The van der Waals surface area contributed by atoms with Gasteiger partial charge in [-0.1, -0.05) is 18.2 Å². The van der Waals surface area contributed by atoms with Crippen molar-refractivity contribution in [3.63, 3.8) is 0 Å². The molecule has 4 heteroatoms. The first-order valence-electron chi connectivity index (χ1n) is 6.32. The van der Waals surface area contributed by atoms with E-state index in [4.69, 9.17) is 11.0 Å². The molecule has 1 unspecified atom stereocenters. The van der Waals surface area contributed by atoms with Crippen LogP contribution in [0.25, 0.3) is 0 Å². The average Bonchev–Trinajstić information content (AvgIpc) is 2.46. The third-order valence-electron chi connectivity index (χ3n) is 3.24. The van der Waals surface area contributed by atoms with Crippen LogP contribution in [0.5, 0.6) is 0 Å². The second-order valence-electron chi connectivity index (χ2n) is 4.69. The highest BCUT2D eigenvalue weighted by Crippen LogP contribution is 2.29. The molecule has 0 aromatic heterocycles. The minimum atomic E-state index is -0.352. The van der Waals surface area contributed by atoms with E-state index in [1.54, 1.807) is 42.3 Å². The summed E-state index contributed by atoms with van der Waals surface area (Å²) in [6.07, 6.45) is 0. The van der Waals surface area contributed by atoms with E-state index >= 15 is 0 Å². The fourth-order valence-electron chi connectivity index (χ4n) is 2.07. The number of halogens is 1. The van der Waals surface area contributed by atoms with Crippen LogP contribution in [0.1, 0.15) is 24.1 Å². The Hall–Kier alpha value is -2.38. The van der Waals surface area contributed by atoms with Crippen LogP contribution in [0.3, 0.4) is 0 Å². The Morgan fingerprint density at radius 1 is 1.20 bits per heavy atom. The lowest BCUT2D eigenvalue weighted by atomic mass is 10.1. The van der Waals surface area contributed by atoms with Crippen molar-refractivity contribution in [2.45, 2.75) is 13.0 Å². The maximum atomic E-state index is 14.2. The molecule has 0 bridgehead atoms. The first kappa shape index (κ1) is 14.0. The van der Waals surface area contributed by atoms with Gasteiger partial charge in [-0.3, -0.25) is 0 Å². The number of para-hydroxylation sites is 1. The molecule has 0 radical (unpaired) electrons. The van der Waals surface area contributed by atoms with Gasteiger partial charge >= 0.3 is 0 Å². The van der Waals surface area contributed by atoms with Crippen LogP contribution in [0, 0.1) is 17.1 Å². The van der Waals surface area contributed by atoms with E-state index in [0.717, 1.165) is 5.56 Å². The van der Waals surface area contributed by atoms with Crippen LogP contribution in [0.2, 0.25) is 0 Å². The maximum Gasteiger partial charge on any atom is 0.147 e. The SMILES string of the molecule is CC(N)c1ccc(N(C)c2ccccc2C#N)c(F)c1. The van der Waals surface area contributed by atoms with Crippen molar-refractivity contribution in [3.8, 4) is 6.07 Å². The van der Waals surface area contributed by atoms with E-state index in [-0.39, 0.29) is 11.9 Å². The van der Waals surface area contributed by atoms with Crippen LogP contribution in [-0.4, -0.2) is 7.05 Å². The standard InChI is InChI=1S/C16H16FN3/c1-11(19)12-7-8-16(14(17)9-12)20(2)15-6-4-3-5-13(15)10-18/h3-9,11H,19H2,1-2H3. The lowest BCUT2D eigenvalue weighted by Gasteiger charge is -2.22. The smallest absolute Gasteiger partial charge is 0.147 e. The van der Waals surface area contributed by atoms with Gasteiger partial charge in [0.05, 0.1) is 16.9 Å². The first-order valence-corrected chi connectivity index (χ1v) is 6.32. The summed E-state index contributed by atoms with van der Waals surface area (Å²) in [5, 5.41) is 9.11. The number of rotatable bonds is 3. The largest absolute Gasteiger partial charge is 0.341 e. The number of hydrogen-bond donors (Lipinski definition) is 1. The maximum absolute atomic E-state index is 14.2. The molecule has 0 amide bonds. The van der Waals surface area contributed by atoms with Crippen LogP contribution >= 0.6 is 0 Å². The summed E-state index contributed by atoms with van der Waals surface area (Å²) in [5.41, 5.74) is 8.07. The van der Waals surface area contributed by atoms with Crippen molar-refractivity contribution in [1.82, 2.24) is 0 Å². The molecule has 0 saturated heterocycles. The van der Waals surface area contributed by atoms with Crippen molar-refractivity contribution in [1.29, 1.82) is 5.26 Å². The Morgan fingerprint density at radius 2 is 1.90 bits per heavy atom. The van der Waals surface area contributed by atoms with E-state index in [9.17, 15) is 4.39 Å². The Kier molecular flexibility index (Phi) is 4.02. The van der Waals surface area contributed by atoms with Crippen molar-refractivity contribution in [2.75, 3.05) is 11.9 Å². The molecule has 2 aromatic carbocycles. The molecule has 0 fully saturated rings. The number of benzene rings is 2. The minimum Gasteiger partial charge on any atom is -0.341 e. The summed E-state index contributed by atoms with van der Waals surface area (Å²) in [6.45, 7) is 1.81. The van der Waals surface area contributed by atoms with Crippen LogP contribution < -0.4 is 10.6 Å². The molecule has 1 atom stereocenters. The van der Waals surface area contributed by atoms with Gasteiger partial charge in [0, 0.05) is 13.1 Å². The Labute approximate surface area is 118 Å². The van der Waals surface area contributed by atoms with Crippen molar-refractivity contribution >= 4 is 11.4 Å². The van der Waals surface area contributed by atoms with Crippen molar-refractivity contribution in [3.05, 3.63) is 59.4 Å². The Bertz CT molecular complexity index is 659. The highest BCUT2D eigenvalue weighted by atomic mass is 19.1. The van der Waals surface area contributed by atoms with Gasteiger partial charge in [0.15, 0.2) is 0 Å². The second kappa shape index (κ2) is 5.72. The summed E-state index contributed by atoms with van der Waals surface area (Å²) in [4.78, 5) is 1.67. The molecule has 2 rings (SSSR count). The monoisotopic (exact) mass is 269 g/mol. The van der Waals surface area contributed by atoms with Gasteiger partial charge in [0.25, 0.3) is 0 Å². The highest BCUT2D eigenvalue weighted by Gasteiger charge is 2.13. The van der Waals surface area contributed by atoms with Gasteiger partial charge in [-0.2, -0.15) is 5.26 Å². The van der Waals surface area contributed by atoms with Crippen molar-refractivity contribution in [2.24, 2.45) is 5.73 Å². The molecular formula is C16H16FN3. The van der Waals surface area contributed by atoms with Crippen LogP contribution in [0.4, 0.5) is 15.8 Å². The Morgan fingerprint density at radius 3 is 2.50 bits per heavy atom. The van der Waals surface area contributed by atoms with Gasteiger partial charge in [-0.15, -0.1) is 0 Å². The predicted octanol–water partition coefficient (Wildman–Crippen LogP) is 3.48. The molecule has 102 valence electrons. The van der Waals surface area contributed by atoms with Gasteiger partial charge in [-0.25, -0.2) is 4.39 Å². The molecule has 2 N–H and O–H groups in total. The average molecular weight is 269 g/mol. The molecular weight excluding hydrogens is 253 g/mol. The zero-order valence-corrected chi connectivity index (χ0v) is 11.5. The lowest BCUT2D eigenvalue weighted by molar-refractivity contribution is 0.622. The summed E-state index contributed by atoms with van der Waals surface area (Å²) < 4.78 is 14.2. The zero-order chi connectivity index (χ0) is 14.7. The van der Waals surface area contributed by atoms with E-state index in [1.807, 2.05) is 13.0 Å². The van der Waals surface area contributed by atoms with Crippen LogP contribution in [0.15, 0.2) is 42.5 Å². The summed E-state index contributed by atoms with van der Waals surface area (Å²) in [7, 11) is 1.74. The number of hydrogen-bond acceptors (Lipinski definition) is 3. The number of nitrogens with two attached hydrogens (primary N) is 1. The Balaban J connectivity index is 2.44. The molecule has 20 heavy (non-hydrogen) atoms. The van der Waals surface area contributed by atoms with Gasteiger partial charge in [0.2, 0.25) is 0 Å². The quantitative estimate of drug-likeness (QED) is 0.928. The molecule has 0 spiro atoms. The van der Waals surface area contributed by atoms with Crippen LogP contribution in [-0.2, 0) is 0 Å². The van der Waals surface area contributed by atoms with Gasteiger partial charge in [-0.05, 0) is 36.8 Å². The molecule has 3 nitrogen and oxygen atoms in total. The van der Waals surface area contributed by atoms with E-state index in [2.05, 4.69) is 6.07 Å². The van der Waals surface area contributed by atoms with Crippen molar-refractivity contribution < 1.29 is 4.39 Å². The lowest BCUT2D eigenvalue weighted by Crippen LogP contribution is -2.13. The predicted molar refractivity (Wildman–Crippen MR) is 78.2 cm³/mol. The summed E-state index contributed by atoms with van der Waals surface area (Å²) in [6, 6.07) is 13.9. The van der Waals surface area contributed by atoms with Gasteiger partial charge in [0.1, 0.15) is 11.9 Å². The molecule has 0 aliphatic rings. The second-order valence-corrected chi connectivity index (χ2v) is 4.69. The third-order valence-corrected chi connectivity index (χ3v) is 3.24. The molecule has 0 aliphatic heterocycles. The molecule has 0 heterocycles. The number of nitriles is 1. The van der Waals surface area contributed by atoms with E-state index in [1.165, 1.54) is 6.07 Å². The third kappa shape index (κ3) is 2.63. The summed E-state index contributed by atoms with van der Waals surface area (Å²) in [5.74, 6) is -0.352. The topological polar surface area (TPSA) is 53.0 Å². The fourth-order valence-corrected chi connectivity index (χ4v) is 2.07. The molecule has 2 aromatic rings. The van der Waals surface area contributed by atoms with E-state index < -0.39 is 0 Å². The normalized spacial score (nSPS) is 11.8. The fraction of sp³-hybridized carbons (Fsp3) is 0.188. The first-order chi connectivity index (χ1) is 9.54. The zero-order valence-electron chi connectivity index (χ0n) is 11.5. The molecule has 0 saturated carbocycles. The number of anilines is 2. The number of nitrogens with zero attached hydrogens (tertiary/aromatic N) is 2.